The minimum atomic E-state index is -0.305. The van der Waals surface area contributed by atoms with Crippen LogP contribution in [-0.4, -0.2) is 59.5 Å². The molecule has 2 aliphatic heterocycles. The van der Waals surface area contributed by atoms with E-state index in [2.05, 4.69) is 11.8 Å². The predicted octanol–water partition coefficient (Wildman–Crippen LogP) is 0.121. The molecule has 28 heavy (non-hydrogen) atoms. The molecule has 1 amide bonds. The van der Waals surface area contributed by atoms with Crippen molar-refractivity contribution in [1.82, 2.24) is 9.47 Å². The molecule has 2 saturated heterocycles. The summed E-state index contributed by atoms with van der Waals surface area (Å²) in [7, 11) is 3.35. The Kier molecular flexibility index (Phi) is 5.93. The van der Waals surface area contributed by atoms with Crippen LogP contribution in [0.5, 0.6) is 0 Å². The van der Waals surface area contributed by atoms with E-state index in [1.54, 1.807) is 31.7 Å². The van der Waals surface area contributed by atoms with Crippen molar-refractivity contribution < 1.29 is 9.69 Å². The summed E-state index contributed by atoms with van der Waals surface area (Å²) < 4.78 is 2.04. The Labute approximate surface area is 174 Å². The lowest BCUT2D eigenvalue weighted by Crippen LogP contribution is -3.14. The highest BCUT2D eigenvalue weighted by atomic mass is 32.2. The lowest BCUT2D eigenvalue weighted by atomic mass is 10.0. The molecule has 1 N–H and O–H groups in total. The van der Waals surface area contributed by atoms with E-state index in [1.165, 1.54) is 21.6 Å². The maximum absolute atomic E-state index is 12.7. The van der Waals surface area contributed by atoms with Crippen LogP contribution in [0.1, 0.15) is 23.6 Å². The molecule has 0 unspecified atom stereocenters. The number of anilines is 1. The van der Waals surface area contributed by atoms with Crippen molar-refractivity contribution in [3.8, 4) is 6.07 Å². The van der Waals surface area contributed by atoms with Gasteiger partial charge in [0.2, 0.25) is 0 Å². The molecule has 1 aromatic heterocycles. The number of carbonyl (C=O) groups is 1. The van der Waals surface area contributed by atoms with Crippen molar-refractivity contribution in [3.05, 3.63) is 31.9 Å². The lowest BCUT2D eigenvalue weighted by Gasteiger charge is -2.35. The average Bonchev–Trinajstić information content (AvgIpc) is 2.93. The van der Waals surface area contributed by atoms with Crippen molar-refractivity contribution >= 4 is 46.1 Å². The SMILES string of the molecule is CC[NH+]1CCN(c2c(/C=C3\SC(=S)N(C)C3=O)c(C)c(C#N)c(=O)n2C)CC1. The summed E-state index contributed by atoms with van der Waals surface area (Å²) in [6.45, 7) is 8.63. The lowest BCUT2D eigenvalue weighted by molar-refractivity contribution is -0.898. The first-order valence-corrected chi connectivity index (χ1v) is 10.5. The van der Waals surface area contributed by atoms with Crippen LogP contribution in [0.3, 0.4) is 0 Å². The first kappa shape index (κ1) is 20.6. The molecule has 2 fully saturated rings. The van der Waals surface area contributed by atoms with Gasteiger partial charge in [-0.2, -0.15) is 5.26 Å². The molecular formula is C19H24N5O2S2+. The largest absolute Gasteiger partial charge is 0.346 e. The summed E-state index contributed by atoms with van der Waals surface area (Å²) in [5, 5.41) is 9.51. The molecule has 148 valence electrons. The Hall–Kier alpha value is -2.15. The molecule has 1 aromatic rings. The van der Waals surface area contributed by atoms with Gasteiger partial charge in [0.25, 0.3) is 11.5 Å². The predicted molar refractivity (Wildman–Crippen MR) is 116 cm³/mol. The number of piperazine rings is 1. The molecule has 3 rings (SSSR count). The summed E-state index contributed by atoms with van der Waals surface area (Å²) in [6, 6.07) is 2.03. The third-order valence-corrected chi connectivity index (χ3v) is 6.98. The number of quaternary nitrogens is 1. The Morgan fingerprint density at radius 3 is 2.43 bits per heavy atom. The number of aromatic nitrogens is 1. The Morgan fingerprint density at radius 1 is 1.29 bits per heavy atom. The van der Waals surface area contributed by atoms with Crippen LogP contribution >= 0.6 is 24.0 Å². The van der Waals surface area contributed by atoms with E-state index < -0.39 is 0 Å². The van der Waals surface area contributed by atoms with Crippen molar-refractivity contribution in [1.29, 1.82) is 5.26 Å². The number of pyridine rings is 1. The van der Waals surface area contributed by atoms with Crippen molar-refractivity contribution in [2.24, 2.45) is 7.05 Å². The van der Waals surface area contributed by atoms with E-state index in [4.69, 9.17) is 12.2 Å². The number of nitrogens with one attached hydrogen (secondary N) is 1. The Balaban J connectivity index is 2.17. The molecule has 0 spiro atoms. The number of thioether (sulfide) groups is 1. The number of thiocarbonyl (C=S) groups is 1. The summed E-state index contributed by atoms with van der Waals surface area (Å²) in [6.07, 6.45) is 1.78. The molecule has 7 nitrogen and oxygen atoms in total. The van der Waals surface area contributed by atoms with Gasteiger partial charge >= 0.3 is 0 Å². The number of hydrogen-bond donors (Lipinski definition) is 1. The van der Waals surface area contributed by atoms with Gasteiger partial charge in [-0.1, -0.05) is 24.0 Å². The van der Waals surface area contributed by atoms with Crippen LogP contribution in [0.2, 0.25) is 0 Å². The second kappa shape index (κ2) is 8.07. The normalized spacial score (nSPS) is 19.6. The molecular weight excluding hydrogens is 394 g/mol. The first-order valence-electron chi connectivity index (χ1n) is 9.23. The maximum Gasteiger partial charge on any atom is 0.270 e. The summed E-state index contributed by atoms with van der Waals surface area (Å²) in [5.41, 5.74) is 1.16. The Bertz CT molecular complexity index is 968. The molecule has 0 bridgehead atoms. The van der Waals surface area contributed by atoms with Gasteiger partial charge in [-0.05, 0) is 25.5 Å². The Morgan fingerprint density at radius 2 is 1.93 bits per heavy atom. The van der Waals surface area contributed by atoms with Gasteiger partial charge in [-0.25, -0.2) is 0 Å². The van der Waals surface area contributed by atoms with Gasteiger partial charge in [0.15, 0.2) is 0 Å². The van der Waals surface area contributed by atoms with Gasteiger partial charge in [0.05, 0.1) is 37.6 Å². The zero-order chi connectivity index (χ0) is 20.6. The summed E-state index contributed by atoms with van der Waals surface area (Å²) >= 11 is 6.48. The number of amides is 1. The van der Waals surface area contributed by atoms with E-state index >= 15 is 0 Å². The van der Waals surface area contributed by atoms with Crippen molar-refractivity contribution in [3.63, 3.8) is 0 Å². The number of nitrogens with zero attached hydrogens (tertiary/aromatic N) is 4. The number of hydrogen-bond acceptors (Lipinski definition) is 6. The fraction of sp³-hybridized carbons (Fsp3) is 0.474. The molecule has 0 radical (unpaired) electrons. The van der Waals surface area contributed by atoms with Crippen LogP contribution in [0.15, 0.2) is 9.70 Å². The van der Waals surface area contributed by atoms with Crippen LogP contribution in [0, 0.1) is 18.3 Å². The van der Waals surface area contributed by atoms with Crippen LogP contribution in [0.25, 0.3) is 6.08 Å². The van der Waals surface area contributed by atoms with E-state index in [0.717, 1.165) is 44.1 Å². The quantitative estimate of drug-likeness (QED) is 0.555. The van der Waals surface area contributed by atoms with Crippen LogP contribution in [0.4, 0.5) is 5.82 Å². The fourth-order valence-corrected chi connectivity index (χ4v) is 4.82. The first-order chi connectivity index (χ1) is 13.3. The summed E-state index contributed by atoms with van der Waals surface area (Å²) in [5.74, 6) is 0.603. The average molecular weight is 419 g/mol. The molecule has 0 atom stereocenters. The van der Waals surface area contributed by atoms with Crippen LogP contribution in [-0.2, 0) is 11.8 Å². The standard InChI is InChI=1S/C19H23N5O2S2/c1-5-23-6-8-24(9-7-23)16-13(10-15-18(26)22(4)19(27)28-15)12(2)14(11-20)17(25)21(16)3/h10H,5-9H2,1-4H3/p+1/b15-10-. The van der Waals surface area contributed by atoms with E-state index in [1.807, 2.05) is 6.07 Å². The van der Waals surface area contributed by atoms with Gasteiger partial charge < -0.3 is 9.80 Å². The highest BCUT2D eigenvalue weighted by molar-refractivity contribution is 8.26. The highest BCUT2D eigenvalue weighted by Gasteiger charge is 2.31. The zero-order valence-corrected chi connectivity index (χ0v) is 18.2. The van der Waals surface area contributed by atoms with Gasteiger partial charge in [-0.3, -0.25) is 19.1 Å². The third kappa shape index (κ3) is 3.48. The molecule has 9 heteroatoms. The monoisotopic (exact) mass is 418 g/mol. The van der Waals surface area contributed by atoms with Gasteiger partial charge in [0.1, 0.15) is 21.8 Å². The molecule has 0 saturated carbocycles. The third-order valence-electron chi connectivity index (χ3n) is 5.50. The molecule has 0 aromatic carbocycles. The second-order valence-electron chi connectivity index (χ2n) is 7.04. The number of carbonyl (C=O) groups excluding carboxylic acids is 1. The summed E-state index contributed by atoms with van der Waals surface area (Å²) in [4.78, 5) is 30.9. The van der Waals surface area contributed by atoms with Crippen LogP contribution < -0.4 is 15.4 Å². The van der Waals surface area contributed by atoms with E-state index in [-0.39, 0.29) is 17.0 Å². The molecule has 0 aliphatic carbocycles. The second-order valence-corrected chi connectivity index (χ2v) is 8.72. The maximum atomic E-state index is 12.7. The number of nitriles is 1. The minimum Gasteiger partial charge on any atom is -0.346 e. The molecule has 3 heterocycles. The van der Waals surface area contributed by atoms with Crippen molar-refractivity contribution in [2.75, 3.05) is 44.7 Å². The molecule has 2 aliphatic rings. The minimum absolute atomic E-state index is 0.113. The van der Waals surface area contributed by atoms with Gasteiger partial charge in [-0.15, -0.1) is 0 Å². The van der Waals surface area contributed by atoms with E-state index in [9.17, 15) is 14.9 Å². The number of likely N-dealkylation sites (N-methyl/N-ethyl adjacent to an activating group) is 2. The highest BCUT2D eigenvalue weighted by Crippen LogP contribution is 2.34. The zero-order valence-electron chi connectivity index (χ0n) is 16.5. The fourth-order valence-electron chi connectivity index (χ4n) is 3.66. The number of rotatable bonds is 3. The van der Waals surface area contributed by atoms with Crippen molar-refractivity contribution in [2.45, 2.75) is 13.8 Å². The van der Waals surface area contributed by atoms with E-state index in [0.29, 0.717) is 14.8 Å². The topological polar surface area (TPSA) is 73.8 Å². The van der Waals surface area contributed by atoms with Gasteiger partial charge in [0, 0.05) is 19.7 Å². The smallest absolute Gasteiger partial charge is 0.270 e.